The molecular formula is C25H34F5N5O4. The number of halogens is 5. The smallest absolute Gasteiger partial charge is 0.339 e. The van der Waals surface area contributed by atoms with Crippen LogP contribution in [0.25, 0.3) is 0 Å². The van der Waals surface area contributed by atoms with Crippen LogP contribution in [0.15, 0.2) is 0 Å². The maximum absolute atomic E-state index is 14.7. The highest BCUT2D eigenvalue weighted by Gasteiger charge is 2.56. The molecule has 4 amide bonds. The molecule has 2 unspecified atom stereocenters. The minimum absolute atomic E-state index is 0.00792. The second-order valence-corrected chi connectivity index (χ2v) is 11.7. The molecule has 0 aliphatic carbocycles. The highest BCUT2D eigenvalue weighted by Crippen LogP contribution is 2.43. The molecule has 0 aromatic carbocycles. The van der Waals surface area contributed by atoms with Crippen LogP contribution in [0.3, 0.4) is 0 Å². The molecular weight excluding hydrogens is 529 g/mol. The Kier molecular flexibility index (Phi) is 8.53. The first-order valence-electron chi connectivity index (χ1n) is 13.0. The molecule has 3 aliphatic rings. The number of rotatable bonds is 2. The van der Waals surface area contributed by atoms with E-state index in [-0.39, 0.29) is 38.1 Å². The zero-order valence-electron chi connectivity index (χ0n) is 22.2. The topological polar surface area (TPSA) is 131 Å². The molecule has 0 spiro atoms. The van der Waals surface area contributed by atoms with Crippen molar-refractivity contribution in [3.63, 3.8) is 0 Å². The van der Waals surface area contributed by atoms with Crippen LogP contribution in [0.2, 0.25) is 0 Å². The Morgan fingerprint density at radius 1 is 1.15 bits per heavy atom. The van der Waals surface area contributed by atoms with Gasteiger partial charge in [0.1, 0.15) is 18.1 Å². The number of nitrogens with one attached hydrogen (secondary N) is 3. The third kappa shape index (κ3) is 6.27. The predicted molar refractivity (Wildman–Crippen MR) is 126 cm³/mol. The minimum Gasteiger partial charge on any atom is -0.339 e. The molecule has 3 fully saturated rings. The van der Waals surface area contributed by atoms with Gasteiger partial charge in [-0.05, 0) is 42.9 Å². The van der Waals surface area contributed by atoms with Crippen molar-refractivity contribution in [1.82, 2.24) is 20.9 Å². The number of alkyl halides is 5. The summed E-state index contributed by atoms with van der Waals surface area (Å²) in [7, 11) is 0. The summed E-state index contributed by atoms with van der Waals surface area (Å²) in [5.74, 6) is -8.36. The Morgan fingerprint density at radius 3 is 2.36 bits per heavy atom. The number of hydrogen-bond acceptors (Lipinski definition) is 5. The van der Waals surface area contributed by atoms with E-state index in [0.29, 0.717) is 6.42 Å². The second kappa shape index (κ2) is 10.9. The van der Waals surface area contributed by atoms with Crippen molar-refractivity contribution in [1.29, 1.82) is 5.26 Å². The van der Waals surface area contributed by atoms with Gasteiger partial charge >= 0.3 is 18.1 Å². The lowest BCUT2D eigenvalue weighted by atomic mass is 9.76. The lowest BCUT2D eigenvalue weighted by Crippen LogP contribution is -2.61. The van der Waals surface area contributed by atoms with Gasteiger partial charge in [-0.2, -0.15) is 27.2 Å². The summed E-state index contributed by atoms with van der Waals surface area (Å²) in [5, 5.41) is 15.6. The summed E-state index contributed by atoms with van der Waals surface area (Å²) < 4.78 is 69.1. The van der Waals surface area contributed by atoms with Crippen molar-refractivity contribution < 1.29 is 41.1 Å². The summed E-state index contributed by atoms with van der Waals surface area (Å²) >= 11 is 0. The molecule has 0 bridgehead atoms. The number of fused-ring (bicyclic) bond motifs is 2. The van der Waals surface area contributed by atoms with Gasteiger partial charge in [0.25, 0.3) is 0 Å². The largest absolute Gasteiger partial charge is 0.471 e. The third-order valence-corrected chi connectivity index (χ3v) is 8.29. The van der Waals surface area contributed by atoms with Crippen LogP contribution in [0.4, 0.5) is 22.0 Å². The van der Waals surface area contributed by atoms with E-state index in [0.717, 1.165) is 4.90 Å². The molecule has 14 heteroatoms. The number of hydrogen-bond donors (Lipinski definition) is 3. The number of carbonyl (C=O) groups excluding carboxylic acids is 4. The van der Waals surface area contributed by atoms with Crippen molar-refractivity contribution >= 4 is 23.6 Å². The van der Waals surface area contributed by atoms with E-state index in [1.807, 2.05) is 6.07 Å². The van der Waals surface area contributed by atoms with Crippen LogP contribution >= 0.6 is 0 Å². The molecule has 9 nitrogen and oxygen atoms in total. The molecule has 39 heavy (non-hydrogen) atoms. The van der Waals surface area contributed by atoms with Crippen LogP contribution in [0.1, 0.15) is 59.8 Å². The van der Waals surface area contributed by atoms with Crippen molar-refractivity contribution in [2.45, 2.75) is 90.1 Å². The number of amides is 4. The lowest BCUT2D eigenvalue weighted by Gasteiger charge is -2.39. The van der Waals surface area contributed by atoms with Crippen molar-refractivity contribution in [3.05, 3.63) is 0 Å². The second-order valence-electron chi connectivity index (χ2n) is 11.7. The van der Waals surface area contributed by atoms with Gasteiger partial charge in [-0.1, -0.05) is 34.1 Å². The summed E-state index contributed by atoms with van der Waals surface area (Å²) in [6.45, 7) is 6.54. The maximum atomic E-state index is 14.7. The molecule has 0 aromatic rings. The fourth-order valence-corrected chi connectivity index (χ4v) is 6.08. The molecule has 218 valence electrons. The van der Waals surface area contributed by atoms with Crippen molar-refractivity contribution in [2.24, 2.45) is 29.1 Å². The summed E-state index contributed by atoms with van der Waals surface area (Å²) in [6, 6.07) is -5.99. The van der Waals surface area contributed by atoms with E-state index in [4.69, 9.17) is 0 Å². The van der Waals surface area contributed by atoms with Crippen LogP contribution in [0, 0.1) is 40.4 Å². The molecule has 3 rings (SSSR count). The molecule has 0 saturated carbocycles. The quantitative estimate of drug-likeness (QED) is 0.351. The molecule has 0 radical (unpaired) electrons. The average molecular weight is 564 g/mol. The van der Waals surface area contributed by atoms with E-state index in [1.165, 1.54) is 13.8 Å². The van der Waals surface area contributed by atoms with Gasteiger partial charge in [0.05, 0.1) is 17.9 Å². The normalized spacial score (nSPS) is 33.4. The molecule has 3 saturated heterocycles. The third-order valence-electron chi connectivity index (χ3n) is 8.29. The lowest BCUT2D eigenvalue weighted by molar-refractivity contribution is -0.176. The van der Waals surface area contributed by atoms with Crippen LogP contribution < -0.4 is 16.0 Å². The van der Waals surface area contributed by atoms with Gasteiger partial charge in [0, 0.05) is 6.54 Å². The summed E-state index contributed by atoms with van der Waals surface area (Å²) in [6.07, 6.45) is -5.61. The maximum Gasteiger partial charge on any atom is 0.471 e. The van der Waals surface area contributed by atoms with Gasteiger partial charge in [0.2, 0.25) is 17.7 Å². The Balaban J connectivity index is 2.07. The van der Waals surface area contributed by atoms with Crippen molar-refractivity contribution in [3.8, 4) is 6.07 Å². The highest BCUT2D eigenvalue weighted by molar-refractivity contribution is 5.94. The van der Waals surface area contributed by atoms with Gasteiger partial charge in [0.15, 0.2) is 0 Å². The van der Waals surface area contributed by atoms with Gasteiger partial charge in [-0.3, -0.25) is 24.5 Å². The number of nitrogens with zero attached hydrogens (tertiary/aromatic N) is 2. The molecule has 3 aliphatic heterocycles. The zero-order valence-corrected chi connectivity index (χ0v) is 22.2. The predicted octanol–water partition coefficient (Wildman–Crippen LogP) is 2.47. The standard InChI is InChI=1S/C25H34F5N5O4/c1-12(2)14-7-9-35-17(14)20(37)32-13(11-31)10-15-16(25(29,30)34-19(15)36)6-5-8-23(3,4)18(21(35)38)33-22(39)24(26,27)28/h12-18H,5-10H2,1-4H3,(H,32,37)(H,33,39)(H,34,36)/t13-,14+,15?,16?,17-,18+/m0/s1. The summed E-state index contributed by atoms with van der Waals surface area (Å²) in [5.41, 5.74) is -1.34. The van der Waals surface area contributed by atoms with Gasteiger partial charge in [-0.15, -0.1) is 0 Å². The number of nitriles is 1. The highest BCUT2D eigenvalue weighted by atomic mass is 19.4. The average Bonchev–Trinajstić information content (AvgIpc) is 3.34. The van der Waals surface area contributed by atoms with Crippen LogP contribution in [0.5, 0.6) is 0 Å². The Bertz CT molecular complexity index is 1040. The van der Waals surface area contributed by atoms with E-state index >= 15 is 0 Å². The van der Waals surface area contributed by atoms with E-state index < -0.39 is 77.1 Å². The first-order chi connectivity index (χ1) is 17.9. The first kappa shape index (κ1) is 30.6. The van der Waals surface area contributed by atoms with E-state index in [1.54, 1.807) is 24.5 Å². The molecule has 0 aromatic heterocycles. The Morgan fingerprint density at radius 2 is 1.79 bits per heavy atom. The van der Waals surface area contributed by atoms with Crippen molar-refractivity contribution in [2.75, 3.05) is 6.54 Å². The van der Waals surface area contributed by atoms with Gasteiger partial charge < -0.3 is 15.5 Å². The Labute approximate surface area is 223 Å². The summed E-state index contributed by atoms with van der Waals surface area (Å²) in [4.78, 5) is 52.8. The van der Waals surface area contributed by atoms with E-state index in [2.05, 4.69) is 5.32 Å². The molecule has 3 N–H and O–H groups in total. The Hall–Kier alpha value is -2.98. The SMILES string of the molecule is CC(C)[C@H]1CCN2C(=O)[C@@H](NC(=O)C(F)(F)F)C(C)(C)CCCC3C(C[C@@H](C#N)NC(=O)[C@H]12)C(=O)NC3(F)F. The monoisotopic (exact) mass is 563 g/mol. The fraction of sp³-hybridized carbons (Fsp3) is 0.800. The fourth-order valence-electron chi connectivity index (χ4n) is 6.08. The minimum atomic E-state index is -5.29. The van der Waals surface area contributed by atoms with Crippen LogP contribution in [-0.4, -0.2) is 65.4 Å². The zero-order chi connectivity index (χ0) is 29.5. The van der Waals surface area contributed by atoms with Crippen LogP contribution in [-0.2, 0) is 19.2 Å². The number of carbonyl (C=O) groups is 4. The van der Waals surface area contributed by atoms with Gasteiger partial charge in [-0.25, -0.2) is 0 Å². The first-order valence-corrected chi connectivity index (χ1v) is 13.0. The van der Waals surface area contributed by atoms with E-state index in [9.17, 15) is 46.4 Å². The molecule has 6 atom stereocenters. The molecule has 3 heterocycles.